The second-order valence-corrected chi connectivity index (χ2v) is 8.44. The lowest BCUT2D eigenvalue weighted by Gasteiger charge is -2.07. The van der Waals surface area contributed by atoms with Crippen LogP contribution in [0.1, 0.15) is 16.7 Å². The van der Waals surface area contributed by atoms with Gasteiger partial charge in [-0.1, -0.05) is 48.0 Å². The normalized spacial score (nSPS) is 11.7. The zero-order valence-electron chi connectivity index (χ0n) is 14.8. The summed E-state index contributed by atoms with van der Waals surface area (Å²) < 4.78 is 27.8. The van der Waals surface area contributed by atoms with Gasteiger partial charge in [0.2, 0.25) is 0 Å². The number of hydrogen-bond donors (Lipinski definition) is 1. The van der Waals surface area contributed by atoms with Crippen molar-refractivity contribution >= 4 is 20.9 Å². The van der Waals surface area contributed by atoms with Crippen LogP contribution in [0.4, 0.5) is 0 Å². The molecule has 0 bridgehead atoms. The monoisotopic (exact) mass is 377 g/mol. The number of nitrogens with zero attached hydrogens (tertiary/aromatic N) is 1. The van der Waals surface area contributed by atoms with Gasteiger partial charge in [0.05, 0.1) is 10.4 Å². The minimum atomic E-state index is -3.68. The Morgan fingerprint density at radius 3 is 2.26 bits per heavy atom. The summed E-state index contributed by atoms with van der Waals surface area (Å²) in [6, 6.07) is 21.3. The molecule has 0 aliphatic carbocycles. The number of phenols is 1. The maximum absolute atomic E-state index is 13.2. The molecule has 0 fully saturated rings. The van der Waals surface area contributed by atoms with Crippen LogP contribution in [-0.4, -0.2) is 17.5 Å². The Kier molecular flexibility index (Phi) is 4.24. The highest BCUT2D eigenvalue weighted by Crippen LogP contribution is 2.28. The predicted octanol–water partition coefficient (Wildman–Crippen LogP) is 4.48. The summed E-state index contributed by atoms with van der Waals surface area (Å²) in [5.41, 5.74) is 3.60. The van der Waals surface area contributed by atoms with E-state index in [-0.39, 0.29) is 10.6 Å². The Bertz CT molecular complexity index is 1200. The molecule has 4 nitrogen and oxygen atoms in total. The van der Waals surface area contributed by atoms with E-state index < -0.39 is 10.0 Å². The third-order valence-electron chi connectivity index (χ3n) is 4.67. The summed E-state index contributed by atoms with van der Waals surface area (Å²) in [5.74, 6) is 0.211. The number of aryl methyl sites for hydroxylation is 1. The zero-order valence-corrected chi connectivity index (χ0v) is 15.6. The van der Waals surface area contributed by atoms with Crippen LogP contribution in [0.3, 0.4) is 0 Å². The van der Waals surface area contributed by atoms with E-state index in [9.17, 15) is 13.5 Å². The van der Waals surface area contributed by atoms with Crippen molar-refractivity contribution in [2.24, 2.45) is 0 Å². The van der Waals surface area contributed by atoms with Gasteiger partial charge in [-0.15, -0.1) is 0 Å². The maximum Gasteiger partial charge on any atom is 0.268 e. The lowest BCUT2D eigenvalue weighted by Crippen LogP contribution is -2.11. The molecule has 0 aliphatic rings. The van der Waals surface area contributed by atoms with Crippen LogP contribution in [0.15, 0.2) is 83.9 Å². The van der Waals surface area contributed by atoms with E-state index >= 15 is 0 Å². The first-order chi connectivity index (χ1) is 12.9. The van der Waals surface area contributed by atoms with Crippen molar-refractivity contribution in [3.63, 3.8) is 0 Å². The van der Waals surface area contributed by atoms with E-state index in [2.05, 4.69) is 0 Å². The highest BCUT2D eigenvalue weighted by Gasteiger charge is 2.21. The molecule has 0 spiro atoms. The van der Waals surface area contributed by atoms with Gasteiger partial charge in [-0.05, 0) is 54.8 Å². The van der Waals surface area contributed by atoms with Gasteiger partial charge in [-0.25, -0.2) is 12.4 Å². The summed E-state index contributed by atoms with van der Waals surface area (Å²) in [7, 11) is -3.68. The maximum atomic E-state index is 13.2. The first kappa shape index (κ1) is 17.4. The van der Waals surface area contributed by atoms with Gasteiger partial charge < -0.3 is 5.11 Å². The molecule has 0 saturated heterocycles. The van der Waals surface area contributed by atoms with Crippen molar-refractivity contribution in [2.45, 2.75) is 18.2 Å². The van der Waals surface area contributed by atoms with Crippen LogP contribution >= 0.6 is 0 Å². The molecule has 4 rings (SSSR count). The van der Waals surface area contributed by atoms with Gasteiger partial charge in [-0.3, -0.25) is 0 Å². The van der Waals surface area contributed by atoms with E-state index in [1.54, 1.807) is 42.6 Å². The van der Waals surface area contributed by atoms with Gasteiger partial charge in [-0.2, -0.15) is 0 Å². The minimum absolute atomic E-state index is 0.211. The van der Waals surface area contributed by atoms with Crippen molar-refractivity contribution in [2.75, 3.05) is 0 Å². The van der Waals surface area contributed by atoms with E-state index in [1.807, 2.05) is 43.3 Å². The Hall–Kier alpha value is -3.05. The van der Waals surface area contributed by atoms with Crippen molar-refractivity contribution in [1.29, 1.82) is 0 Å². The SMILES string of the molecule is Cc1ccc(S(=O)(=O)n2cc(Cc3ccc(O)cc3)c3ccccc32)cc1. The molecule has 0 atom stereocenters. The summed E-state index contributed by atoms with van der Waals surface area (Å²) in [6.07, 6.45) is 2.28. The van der Waals surface area contributed by atoms with Crippen LogP contribution in [0, 0.1) is 6.92 Å². The molecule has 0 unspecified atom stereocenters. The number of aromatic hydroxyl groups is 1. The van der Waals surface area contributed by atoms with Crippen molar-refractivity contribution < 1.29 is 13.5 Å². The summed E-state index contributed by atoms with van der Waals surface area (Å²) in [6.45, 7) is 1.93. The first-order valence-electron chi connectivity index (χ1n) is 8.64. The van der Waals surface area contributed by atoms with Crippen molar-refractivity contribution in [1.82, 2.24) is 3.97 Å². The molecule has 0 amide bonds. The molecule has 0 radical (unpaired) electrons. The number of hydrogen-bond acceptors (Lipinski definition) is 3. The third-order valence-corrected chi connectivity index (χ3v) is 6.36. The molecule has 136 valence electrons. The van der Waals surface area contributed by atoms with Gasteiger partial charge in [0.15, 0.2) is 0 Å². The second-order valence-electron chi connectivity index (χ2n) is 6.63. The average molecular weight is 377 g/mol. The van der Waals surface area contributed by atoms with Crippen LogP contribution < -0.4 is 0 Å². The van der Waals surface area contributed by atoms with E-state index in [0.29, 0.717) is 11.9 Å². The number of para-hydroxylation sites is 1. The highest BCUT2D eigenvalue weighted by atomic mass is 32.2. The fourth-order valence-electron chi connectivity index (χ4n) is 3.22. The molecule has 27 heavy (non-hydrogen) atoms. The molecule has 4 aromatic rings. The number of fused-ring (bicyclic) bond motifs is 1. The third kappa shape index (κ3) is 3.22. The molecule has 0 saturated carbocycles. The molecule has 3 aromatic carbocycles. The van der Waals surface area contributed by atoms with Crippen LogP contribution in [-0.2, 0) is 16.4 Å². The smallest absolute Gasteiger partial charge is 0.268 e. The Balaban J connectivity index is 1.84. The lowest BCUT2D eigenvalue weighted by atomic mass is 10.0. The molecule has 1 heterocycles. The minimum Gasteiger partial charge on any atom is -0.508 e. The quantitative estimate of drug-likeness (QED) is 0.570. The molecule has 1 N–H and O–H groups in total. The van der Waals surface area contributed by atoms with Crippen LogP contribution in [0.2, 0.25) is 0 Å². The summed E-state index contributed by atoms with van der Waals surface area (Å²) >= 11 is 0. The molecular formula is C22H19NO3S. The molecule has 5 heteroatoms. The Morgan fingerprint density at radius 1 is 0.889 bits per heavy atom. The van der Waals surface area contributed by atoms with Gasteiger partial charge in [0, 0.05) is 11.6 Å². The molecular weight excluding hydrogens is 358 g/mol. The van der Waals surface area contributed by atoms with Gasteiger partial charge >= 0.3 is 0 Å². The van der Waals surface area contributed by atoms with Gasteiger partial charge in [0.1, 0.15) is 5.75 Å². The number of aromatic nitrogens is 1. The zero-order chi connectivity index (χ0) is 19.0. The number of benzene rings is 3. The van der Waals surface area contributed by atoms with Gasteiger partial charge in [0.25, 0.3) is 10.0 Å². The average Bonchev–Trinajstić information content (AvgIpc) is 3.03. The number of phenolic OH excluding ortho intramolecular Hbond substituents is 1. The lowest BCUT2D eigenvalue weighted by molar-refractivity contribution is 0.475. The topological polar surface area (TPSA) is 59.3 Å². The van der Waals surface area contributed by atoms with Crippen LogP contribution in [0.25, 0.3) is 10.9 Å². The summed E-state index contributed by atoms with van der Waals surface area (Å²) in [5, 5.41) is 10.4. The van der Waals surface area contributed by atoms with E-state index in [4.69, 9.17) is 0 Å². The van der Waals surface area contributed by atoms with Crippen molar-refractivity contribution in [3.8, 4) is 5.75 Å². The predicted molar refractivity (Wildman–Crippen MR) is 107 cm³/mol. The van der Waals surface area contributed by atoms with E-state index in [0.717, 1.165) is 22.1 Å². The number of rotatable bonds is 4. The Labute approximate surface area is 158 Å². The summed E-state index contributed by atoms with van der Waals surface area (Å²) in [4.78, 5) is 0.269. The Morgan fingerprint density at radius 2 is 1.56 bits per heavy atom. The second kappa shape index (κ2) is 6.59. The fourth-order valence-corrected chi connectivity index (χ4v) is 4.61. The standard InChI is InChI=1S/C22H19NO3S/c1-16-6-12-20(13-7-16)27(25,26)23-15-18(21-4-2-3-5-22(21)23)14-17-8-10-19(24)11-9-17/h2-13,15,24H,14H2,1H3. The largest absolute Gasteiger partial charge is 0.508 e. The highest BCUT2D eigenvalue weighted by molar-refractivity contribution is 7.90. The fraction of sp³-hybridized carbons (Fsp3) is 0.0909. The van der Waals surface area contributed by atoms with E-state index in [1.165, 1.54) is 3.97 Å². The van der Waals surface area contributed by atoms with Crippen LogP contribution in [0.5, 0.6) is 5.75 Å². The molecule has 0 aliphatic heterocycles. The molecule has 1 aromatic heterocycles. The van der Waals surface area contributed by atoms with Crippen molar-refractivity contribution in [3.05, 3.63) is 95.7 Å². The first-order valence-corrected chi connectivity index (χ1v) is 10.1.